The molecule has 0 aromatic heterocycles. The van der Waals surface area contributed by atoms with Gasteiger partial charge in [-0.1, -0.05) is 12.1 Å². The Labute approximate surface area is 134 Å². The zero-order chi connectivity index (χ0) is 15.8. The number of anilines is 1. The highest BCUT2D eigenvalue weighted by molar-refractivity contribution is 5.58. The molecular weight excluding hydrogens is 295 g/mol. The largest absolute Gasteiger partial charge is 0.454 e. The average Bonchev–Trinajstić information content (AvgIpc) is 3.02. The van der Waals surface area contributed by atoms with E-state index in [9.17, 15) is 4.39 Å². The minimum Gasteiger partial charge on any atom is -0.454 e. The Morgan fingerprint density at radius 1 is 1.00 bits per heavy atom. The van der Waals surface area contributed by atoms with Crippen LogP contribution in [0.1, 0.15) is 17.9 Å². The van der Waals surface area contributed by atoms with Crippen LogP contribution < -0.4 is 20.1 Å². The lowest BCUT2D eigenvalue weighted by atomic mass is 9.88. The topological polar surface area (TPSA) is 47.7 Å². The average molecular weight is 314 g/mol. The van der Waals surface area contributed by atoms with E-state index in [4.69, 9.17) is 15.2 Å². The minimum absolute atomic E-state index is 0.0872. The van der Waals surface area contributed by atoms with Gasteiger partial charge >= 0.3 is 0 Å². The first-order chi connectivity index (χ1) is 11.2. The van der Waals surface area contributed by atoms with Gasteiger partial charge in [0.1, 0.15) is 5.82 Å². The molecule has 120 valence electrons. The second-order valence-corrected chi connectivity index (χ2v) is 6.19. The van der Waals surface area contributed by atoms with Crippen LogP contribution in [0.2, 0.25) is 0 Å². The van der Waals surface area contributed by atoms with Gasteiger partial charge in [-0.2, -0.15) is 0 Å². The first kappa shape index (κ1) is 14.3. The van der Waals surface area contributed by atoms with Gasteiger partial charge in [0.05, 0.1) is 0 Å². The molecule has 0 amide bonds. The molecule has 2 atom stereocenters. The molecule has 1 fully saturated rings. The van der Waals surface area contributed by atoms with Gasteiger partial charge in [0.15, 0.2) is 11.5 Å². The van der Waals surface area contributed by atoms with E-state index >= 15 is 0 Å². The molecule has 2 aromatic rings. The predicted octanol–water partition coefficient (Wildman–Crippen LogP) is 2.88. The zero-order valence-electron chi connectivity index (χ0n) is 12.7. The number of ether oxygens (including phenoxy) is 2. The summed E-state index contributed by atoms with van der Waals surface area (Å²) in [5, 5.41) is 0. The lowest BCUT2D eigenvalue weighted by molar-refractivity contribution is 0.174. The van der Waals surface area contributed by atoms with Gasteiger partial charge in [0.2, 0.25) is 6.79 Å². The lowest BCUT2D eigenvalue weighted by Gasteiger charge is -2.38. The van der Waals surface area contributed by atoms with E-state index in [1.807, 2.05) is 30.3 Å². The van der Waals surface area contributed by atoms with E-state index in [2.05, 4.69) is 4.90 Å². The number of nitrogens with two attached hydrogens (primary N) is 1. The number of fused-ring (bicyclic) bond motifs is 1. The van der Waals surface area contributed by atoms with Crippen molar-refractivity contribution in [2.75, 3.05) is 24.8 Å². The maximum atomic E-state index is 13.1. The van der Waals surface area contributed by atoms with Crippen molar-refractivity contribution in [2.45, 2.75) is 18.4 Å². The minimum atomic E-state index is -0.207. The van der Waals surface area contributed by atoms with Gasteiger partial charge in [-0.25, -0.2) is 4.39 Å². The molecule has 2 N–H and O–H groups in total. The summed E-state index contributed by atoms with van der Waals surface area (Å²) in [4.78, 5) is 2.27. The molecule has 0 bridgehead atoms. The van der Waals surface area contributed by atoms with Crippen LogP contribution in [-0.2, 0) is 0 Å². The quantitative estimate of drug-likeness (QED) is 0.926. The fourth-order valence-corrected chi connectivity index (χ4v) is 3.41. The summed E-state index contributed by atoms with van der Waals surface area (Å²) in [5.41, 5.74) is 8.47. The summed E-state index contributed by atoms with van der Waals surface area (Å²) in [6.45, 7) is 1.94. The highest BCUT2D eigenvalue weighted by atomic mass is 19.1. The second kappa shape index (κ2) is 5.74. The van der Waals surface area contributed by atoms with E-state index < -0.39 is 0 Å². The number of hydrogen-bond acceptors (Lipinski definition) is 4. The SMILES string of the molecule is NC1CC(c2ccc(F)cc2)CN(c2ccc3c(c2)OCO3)C1. The molecular formula is C18H19FN2O2. The number of benzene rings is 2. The molecule has 0 saturated carbocycles. The Hall–Kier alpha value is -2.27. The highest BCUT2D eigenvalue weighted by Crippen LogP contribution is 2.37. The predicted molar refractivity (Wildman–Crippen MR) is 86.5 cm³/mol. The summed E-state index contributed by atoms with van der Waals surface area (Å²) in [6.07, 6.45) is 0.909. The summed E-state index contributed by atoms with van der Waals surface area (Å²) < 4.78 is 24.0. The Morgan fingerprint density at radius 3 is 2.61 bits per heavy atom. The molecule has 0 spiro atoms. The third-order valence-electron chi connectivity index (χ3n) is 4.55. The van der Waals surface area contributed by atoms with Gasteiger partial charge in [-0.3, -0.25) is 0 Å². The van der Waals surface area contributed by atoms with E-state index in [1.165, 1.54) is 12.1 Å². The third kappa shape index (κ3) is 2.84. The van der Waals surface area contributed by atoms with Crippen LogP contribution in [0.5, 0.6) is 11.5 Å². The van der Waals surface area contributed by atoms with Crippen LogP contribution in [0.4, 0.5) is 10.1 Å². The Bertz CT molecular complexity index is 705. The highest BCUT2D eigenvalue weighted by Gasteiger charge is 2.27. The Balaban J connectivity index is 1.58. The molecule has 2 heterocycles. The fourth-order valence-electron chi connectivity index (χ4n) is 3.41. The molecule has 23 heavy (non-hydrogen) atoms. The van der Waals surface area contributed by atoms with Crippen molar-refractivity contribution >= 4 is 5.69 Å². The van der Waals surface area contributed by atoms with Crippen molar-refractivity contribution < 1.29 is 13.9 Å². The maximum absolute atomic E-state index is 13.1. The molecule has 0 radical (unpaired) electrons. The maximum Gasteiger partial charge on any atom is 0.231 e. The first-order valence-corrected chi connectivity index (χ1v) is 7.85. The van der Waals surface area contributed by atoms with E-state index in [1.54, 1.807) is 0 Å². The summed E-state index contributed by atoms with van der Waals surface area (Å²) in [6, 6.07) is 12.8. The first-order valence-electron chi connectivity index (χ1n) is 7.85. The standard InChI is InChI=1S/C18H19FN2O2/c19-14-3-1-12(2-4-14)13-7-15(20)10-21(9-13)16-5-6-17-18(8-16)23-11-22-17/h1-6,8,13,15H,7,9-11,20H2. The fraction of sp³-hybridized carbons (Fsp3) is 0.333. The van der Waals surface area contributed by atoms with Crippen LogP contribution >= 0.6 is 0 Å². The van der Waals surface area contributed by atoms with Crippen molar-refractivity contribution in [3.05, 3.63) is 53.8 Å². The number of nitrogens with zero attached hydrogens (tertiary/aromatic N) is 1. The van der Waals surface area contributed by atoms with Gasteiger partial charge in [-0.05, 0) is 36.2 Å². The van der Waals surface area contributed by atoms with Crippen molar-refractivity contribution in [1.29, 1.82) is 0 Å². The van der Waals surface area contributed by atoms with Crippen LogP contribution in [0.3, 0.4) is 0 Å². The number of hydrogen-bond donors (Lipinski definition) is 1. The summed E-state index contributed by atoms with van der Waals surface area (Å²) in [5.74, 6) is 1.65. The number of rotatable bonds is 2. The number of piperidine rings is 1. The molecule has 5 heteroatoms. The third-order valence-corrected chi connectivity index (χ3v) is 4.55. The Morgan fingerprint density at radius 2 is 1.78 bits per heavy atom. The van der Waals surface area contributed by atoms with Gasteiger partial charge < -0.3 is 20.1 Å². The second-order valence-electron chi connectivity index (χ2n) is 6.19. The molecule has 0 aliphatic carbocycles. The van der Waals surface area contributed by atoms with E-state index in [-0.39, 0.29) is 18.7 Å². The van der Waals surface area contributed by atoms with E-state index in [0.29, 0.717) is 5.92 Å². The van der Waals surface area contributed by atoms with Crippen LogP contribution in [-0.4, -0.2) is 25.9 Å². The van der Waals surface area contributed by atoms with Crippen molar-refractivity contribution in [3.8, 4) is 11.5 Å². The molecule has 1 saturated heterocycles. The molecule has 4 rings (SSSR count). The van der Waals surface area contributed by atoms with Gasteiger partial charge in [0, 0.05) is 36.8 Å². The van der Waals surface area contributed by atoms with E-state index in [0.717, 1.165) is 42.3 Å². The molecule has 4 nitrogen and oxygen atoms in total. The number of halogens is 1. The van der Waals surface area contributed by atoms with Crippen molar-refractivity contribution in [2.24, 2.45) is 5.73 Å². The summed E-state index contributed by atoms with van der Waals surface area (Å²) in [7, 11) is 0. The molecule has 2 aliphatic heterocycles. The zero-order valence-corrected chi connectivity index (χ0v) is 12.7. The Kier molecular flexibility index (Phi) is 3.58. The van der Waals surface area contributed by atoms with Gasteiger partial charge in [0.25, 0.3) is 0 Å². The normalized spacial score (nSPS) is 23.1. The summed E-state index contributed by atoms with van der Waals surface area (Å²) >= 11 is 0. The van der Waals surface area contributed by atoms with Gasteiger partial charge in [-0.15, -0.1) is 0 Å². The van der Waals surface area contributed by atoms with Crippen molar-refractivity contribution in [1.82, 2.24) is 0 Å². The smallest absolute Gasteiger partial charge is 0.231 e. The molecule has 2 aromatic carbocycles. The molecule has 2 unspecified atom stereocenters. The molecule has 2 aliphatic rings. The van der Waals surface area contributed by atoms with Crippen molar-refractivity contribution in [3.63, 3.8) is 0 Å². The monoisotopic (exact) mass is 314 g/mol. The lowest BCUT2D eigenvalue weighted by Crippen LogP contribution is -2.46. The van der Waals surface area contributed by atoms with Crippen LogP contribution in [0.15, 0.2) is 42.5 Å². The van der Waals surface area contributed by atoms with Crippen LogP contribution in [0.25, 0.3) is 0 Å². The van der Waals surface area contributed by atoms with Crippen LogP contribution in [0, 0.1) is 5.82 Å².